The second-order valence-electron chi connectivity index (χ2n) is 7.04. The SMILES string of the molecule is CC(C)COc1cccc(NC(=O)c2ccc(OCC(C)C)c(Br)c2)c1. The number of benzene rings is 2. The zero-order valence-corrected chi connectivity index (χ0v) is 17.3. The summed E-state index contributed by atoms with van der Waals surface area (Å²) in [6.07, 6.45) is 0. The van der Waals surface area contributed by atoms with Gasteiger partial charge in [-0.3, -0.25) is 4.79 Å². The summed E-state index contributed by atoms with van der Waals surface area (Å²) < 4.78 is 12.2. The fourth-order valence-corrected chi connectivity index (χ4v) is 2.64. The molecule has 140 valence electrons. The third-order valence-electron chi connectivity index (χ3n) is 3.44. The van der Waals surface area contributed by atoms with E-state index in [2.05, 4.69) is 48.9 Å². The zero-order chi connectivity index (χ0) is 19.1. The topological polar surface area (TPSA) is 47.6 Å². The van der Waals surface area contributed by atoms with Crippen molar-refractivity contribution in [2.45, 2.75) is 27.7 Å². The number of carbonyl (C=O) groups is 1. The molecular weight excluding hydrogens is 394 g/mol. The largest absolute Gasteiger partial charge is 0.493 e. The van der Waals surface area contributed by atoms with Crippen LogP contribution in [0.1, 0.15) is 38.1 Å². The molecule has 0 aliphatic rings. The average molecular weight is 420 g/mol. The Kier molecular flexibility index (Phi) is 7.51. The molecule has 5 heteroatoms. The van der Waals surface area contributed by atoms with Crippen molar-refractivity contribution in [2.24, 2.45) is 11.8 Å². The van der Waals surface area contributed by atoms with Gasteiger partial charge < -0.3 is 14.8 Å². The van der Waals surface area contributed by atoms with Crippen LogP contribution in [0, 0.1) is 11.8 Å². The molecule has 0 unspecified atom stereocenters. The highest BCUT2D eigenvalue weighted by molar-refractivity contribution is 9.10. The van der Waals surface area contributed by atoms with Crippen molar-refractivity contribution in [3.05, 3.63) is 52.5 Å². The second kappa shape index (κ2) is 9.62. The molecule has 0 spiro atoms. The quantitative estimate of drug-likeness (QED) is 0.590. The fourth-order valence-electron chi connectivity index (χ4n) is 2.15. The lowest BCUT2D eigenvalue weighted by Crippen LogP contribution is -2.12. The number of nitrogens with one attached hydrogen (secondary N) is 1. The fraction of sp³-hybridized carbons (Fsp3) is 0.381. The van der Waals surface area contributed by atoms with Crippen molar-refractivity contribution in [3.63, 3.8) is 0 Å². The first-order valence-corrected chi connectivity index (χ1v) is 9.61. The molecule has 0 saturated carbocycles. The Morgan fingerprint density at radius 1 is 1.00 bits per heavy atom. The number of ether oxygens (including phenoxy) is 2. The lowest BCUT2D eigenvalue weighted by atomic mass is 10.2. The molecule has 0 fully saturated rings. The van der Waals surface area contributed by atoms with Crippen molar-refractivity contribution in [2.75, 3.05) is 18.5 Å². The molecule has 0 aliphatic carbocycles. The summed E-state index contributed by atoms with van der Waals surface area (Å²) in [5.74, 6) is 2.19. The summed E-state index contributed by atoms with van der Waals surface area (Å²) in [7, 11) is 0. The Balaban J connectivity index is 2.03. The third kappa shape index (κ3) is 6.37. The number of rotatable bonds is 8. The van der Waals surface area contributed by atoms with Crippen LogP contribution in [-0.4, -0.2) is 19.1 Å². The predicted octanol–water partition coefficient (Wildman–Crippen LogP) is 5.77. The van der Waals surface area contributed by atoms with E-state index in [0.29, 0.717) is 36.3 Å². The van der Waals surface area contributed by atoms with Gasteiger partial charge in [0.1, 0.15) is 11.5 Å². The number of anilines is 1. The molecule has 26 heavy (non-hydrogen) atoms. The Morgan fingerprint density at radius 3 is 2.35 bits per heavy atom. The van der Waals surface area contributed by atoms with E-state index in [9.17, 15) is 4.79 Å². The van der Waals surface area contributed by atoms with Gasteiger partial charge in [-0.05, 0) is 58.1 Å². The zero-order valence-electron chi connectivity index (χ0n) is 15.7. The first-order chi connectivity index (χ1) is 12.3. The Morgan fingerprint density at radius 2 is 1.69 bits per heavy atom. The maximum atomic E-state index is 12.5. The van der Waals surface area contributed by atoms with E-state index in [-0.39, 0.29) is 5.91 Å². The van der Waals surface area contributed by atoms with Gasteiger partial charge in [-0.2, -0.15) is 0 Å². The van der Waals surface area contributed by atoms with Crippen LogP contribution in [0.4, 0.5) is 5.69 Å². The predicted molar refractivity (Wildman–Crippen MR) is 109 cm³/mol. The molecule has 0 saturated heterocycles. The number of halogens is 1. The molecule has 0 atom stereocenters. The van der Waals surface area contributed by atoms with E-state index in [1.165, 1.54) is 0 Å². The molecule has 2 rings (SSSR count). The smallest absolute Gasteiger partial charge is 0.255 e. The maximum Gasteiger partial charge on any atom is 0.255 e. The highest BCUT2D eigenvalue weighted by Gasteiger charge is 2.11. The molecule has 1 amide bonds. The van der Waals surface area contributed by atoms with Gasteiger partial charge in [0, 0.05) is 17.3 Å². The van der Waals surface area contributed by atoms with Crippen molar-refractivity contribution in [1.29, 1.82) is 0 Å². The van der Waals surface area contributed by atoms with Crippen LogP contribution in [0.5, 0.6) is 11.5 Å². The first kappa shape index (κ1) is 20.3. The van der Waals surface area contributed by atoms with Gasteiger partial charge >= 0.3 is 0 Å². The summed E-state index contributed by atoms with van der Waals surface area (Å²) in [4.78, 5) is 12.5. The minimum Gasteiger partial charge on any atom is -0.493 e. The molecule has 2 aromatic rings. The Hall–Kier alpha value is -2.01. The summed E-state index contributed by atoms with van der Waals surface area (Å²) in [6, 6.07) is 12.8. The van der Waals surface area contributed by atoms with Gasteiger partial charge in [0.2, 0.25) is 0 Å². The summed E-state index contributed by atoms with van der Waals surface area (Å²) in [6.45, 7) is 9.65. The van der Waals surface area contributed by atoms with Crippen molar-refractivity contribution in [3.8, 4) is 11.5 Å². The molecule has 1 N–H and O–H groups in total. The van der Waals surface area contributed by atoms with Gasteiger partial charge in [-0.15, -0.1) is 0 Å². The van der Waals surface area contributed by atoms with E-state index in [0.717, 1.165) is 16.0 Å². The van der Waals surface area contributed by atoms with E-state index in [1.54, 1.807) is 12.1 Å². The molecule has 0 aliphatic heterocycles. The number of hydrogen-bond acceptors (Lipinski definition) is 3. The molecule has 0 aromatic heterocycles. The van der Waals surface area contributed by atoms with Crippen molar-refractivity contribution < 1.29 is 14.3 Å². The van der Waals surface area contributed by atoms with Crippen LogP contribution in [0.25, 0.3) is 0 Å². The first-order valence-electron chi connectivity index (χ1n) is 8.81. The summed E-state index contributed by atoms with van der Waals surface area (Å²) >= 11 is 3.47. The highest BCUT2D eigenvalue weighted by atomic mass is 79.9. The van der Waals surface area contributed by atoms with Crippen molar-refractivity contribution >= 4 is 27.5 Å². The van der Waals surface area contributed by atoms with Crippen LogP contribution < -0.4 is 14.8 Å². The maximum absolute atomic E-state index is 12.5. The third-order valence-corrected chi connectivity index (χ3v) is 4.06. The number of carbonyl (C=O) groups excluding carboxylic acids is 1. The summed E-state index contributed by atoms with van der Waals surface area (Å²) in [5, 5.41) is 2.90. The summed E-state index contributed by atoms with van der Waals surface area (Å²) in [5.41, 5.74) is 1.26. The van der Waals surface area contributed by atoms with Crippen molar-refractivity contribution in [1.82, 2.24) is 0 Å². The minimum absolute atomic E-state index is 0.179. The van der Waals surface area contributed by atoms with E-state index in [4.69, 9.17) is 9.47 Å². The molecule has 0 heterocycles. The normalized spacial score (nSPS) is 10.9. The van der Waals surface area contributed by atoms with Crippen LogP contribution in [0.15, 0.2) is 46.9 Å². The Bertz CT molecular complexity index is 744. The molecule has 2 aromatic carbocycles. The van der Waals surface area contributed by atoms with E-state index in [1.807, 2.05) is 30.3 Å². The van der Waals surface area contributed by atoms with Gasteiger partial charge in [0.05, 0.1) is 17.7 Å². The van der Waals surface area contributed by atoms with Crippen LogP contribution >= 0.6 is 15.9 Å². The molecular formula is C21H26BrNO3. The van der Waals surface area contributed by atoms with Crippen LogP contribution in [-0.2, 0) is 0 Å². The van der Waals surface area contributed by atoms with E-state index >= 15 is 0 Å². The minimum atomic E-state index is -0.179. The highest BCUT2D eigenvalue weighted by Crippen LogP contribution is 2.27. The molecule has 4 nitrogen and oxygen atoms in total. The average Bonchev–Trinajstić information content (AvgIpc) is 2.59. The Labute approximate surface area is 164 Å². The number of amides is 1. The number of hydrogen-bond donors (Lipinski definition) is 1. The molecule has 0 bridgehead atoms. The van der Waals surface area contributed by atoms with Gasteiger partial charge in [0.25, 0.3) is 5.91 Å². The molecule has 0 radical (unpaired) electrons. The van der Waals surface area contributed by atoms with Gasteiger partial charge in [-0.25, -0.2) is 0 Å². The lowest BCUT2D eigenvalue weighted by molar-refractivity contribution is 0.102. The monoisotopic (exact) mass is 419 g/mol. The standard InChI is InChI=1S/C21H26BrNO3/c1-14(2)12-25-18-7-5-6-17(11-18)23-21(24)16-8-9-20(19(22)10-16)26-13-15(3)4/h5-11,14-15H,12-13H2,1-4H3,(H,23,24). The van der Waals surface area contributed by atoms with Crippen LogP contribution in [0.3, 0.4) is 0 Å². The van der Waals surface area contributed by atoms with Crippen LogP contribution in [0.2, 0.25) is 0 Å². The van der Waals surface area contributed by atoms with E-state index < -0.39 is 0 Å². The van der Waals surface area contributed by atoms with Gasteiger partial charge in [0.15, 0.2) is 0 Å². The van der Waals surface area contributed by atoms with Gasteiger partial charge in [-0.1, -0.05) is 33.8 Å². The lowest BCUT2D eigenvalue weighted by Gasteiger charge is -2.12. The second-order valence-corrected chi connectivity index (χ2v) is 7.89.